The summed E-state index contributed by atoms with van der Waals surface area (Å²) in [7, 11) is 0. The molecule has 0 aromatic heterocycles. The van der Waals surface area contributed by atoms with Crippen molar-refractivity contribution in [2.24, 2.45) is 0 Å². The number of aliphatic hydroxyl groups excluding tert-OH is 1. The fraction of sp³-hybridized carbons (Fsp3) is 0.417. The lowest BCUT2D eigenvalue weighted by Crippen LogP contribution is -2.35. The maximum absolute atomic E-state index is 12.1. The van der Waals surface area contributed by atoms with Crippen LogP contribution in [0.3, 0.4) is 0 Å². The summed E-state index contributed by atoms with van der Waals surface area (Å²) >= 11 is 0. The van der Waals surface area contributed by atoms with E-state index in [1.807, 2.05) is 0 Å². The van der Waals surface area contributed by atoms with Crippen molar-refractivity contribution in [2.45, 2.75) is 24.9 Å². The Morgan fingerprint density at radius 2 is 2.14 bits per heavy atom. The van der Waals surface area contributed by atoms with E-state index in [2.05, 4.69) is 15.4 Å². The van der Waals surface area contributed by atoms with E-state index in [-0.39, 0.29) is 24.5 Å². The van der Waals surface area contributed by atoms with Crippen LogP contribution in [0.4, 0.5) is 18.9 Å². The number of ether oxygens (including phenoxy) is 1. The Hall–Kier alpha value is -1.51. The largest absolute Gasteiger partial charge is 0.573 e. The van der Waals surface area contributed by atoms with Crippen LogP contribution >= 0.6 is 12.4 Å². The van der Waals surface area contributed by atoms with Crippen LogP contribution < -0.4 is 15.4 Å². The van der Waals surface area contributed by atoms with Crippen LogP contribution in [0.2, 0.25) is 0 Å². The molecule has 1 aromatic carbocycles. The minimum Gasteiger partial charge on any atom is -0.406 e. The molecule has 0 saturated carbocycles. The molecule has 3 N–H and O–H groups in total. The van der Waals surface area contributed by atoms with Gasteiger partial charge in [-0.05, 0) is 18.6 Å². The van der Waals surface area contributed by atoms with E-state index in [1.165, 1.54) is 12.1 Å². The van der Waals surface area contributed by atoms with Crippen molar-refractivity contribution in [1.82, 2.24) is 5.32 Å². The predicted molar refractivity (Wildman–Crippen MR) is 71.4 cm³/mol. The molecule has 2 rings (SSSR count). The number of benzene rings is 1. The number of β-amino-alcohol motifs (C(OH)–C–C–N with tert-alkyl or cyclic N) is 1. The summed E-state index contributed by atoms with van der Waals surface area (Å²) in [6.45, 7) is 0.315. The number of aliphatic hydroxyl groups is 1. The summed E-state index contributed by atoms with van der Waals surface area (Å²) in [5, 5.41) is 14.6. The Morgan fingerprint density at radius 3 is 2.71 bits per heavy atom. The van der Waals surface area contributed by atoms with Crippen molar-refractivity contribution in [3.05, 3.63) is 24.3 Å². The van der Waals surface area contributed by atoms with Gasteiger partial charge in [0.25, 0.3) is 0 Å². The van der Waals surface area contributed by atoms with Crippen molar-refractivity contribution in [2.75, 3.05) is 11.9 Å². The molecule has 0 radical (unpaired) electrons. The molecular weight excluding hydrogens is 313 g/mol. The van der Waals surface area contributed by atoms with Crippen LogP contribution in [0.5, 0.6) is 5.75 Å². The van der Waals surface area contributed by atoms with Gasteiger partial charge in [0.15, 0.2) is 0 Å². The maximum atomic E-state index is 12.1. The van der Waals surface area contributed by atoms with Crippen LogP contribution in [-0.4, -0.2) is 36.1 Å². The van der Waals surface area contributed by atoms with Gasteiger partial charge in [0.05, 0.1) is 12.1 Å². The van der Waals surface area contributed by atoms with E-state index in [0.29, 0.717) is 6.54 Å². The second kappa shape index (κ2) is 6.97. The molecule has 9 heteroatoms. The molecule has 1 aliphatic rings. The molecule has 118 valence electrons. The highest BCUT2D eigenvalue weighted by molar-refractivity contribution is 5.95. The van der Waals surface area contributed by atoms with Gasteiger partial charge in [-0.15, -0.1) is 25.6 Å². The number of alkyl halides is 3. The lowest BCUT2D eigenvalue weighted by molar-refractivity contribution is -0.274. The summed E-state index contributed by atoms with van der Waals surface area (Å²) in [5.41, 5.74) is 0.194. The van der Waals surface area contributed by atoms with E-state index in [4.69, 9.17) is 0 Å². The average Bonchev–Trinajstić information content (AvgIpc) is 2.74. The Morgan fingerprint density at radius 1 is 1.43 bits per heavy atom. The molecule has 1 aliphatic heterocycles. The van der Waals surface area contributed by atoms with Gasteiger partial charge in [-0.1, -0.05) is 6.07 Å². The number of halogens is 4. The van der Waals surface area contributed by atoms with Crippen LogP contribution in [0.25, 0.3) is 0 Å². The van der Waals surface area contributed by atoms with Gasteiger partial charge in [-0.25, -0.2) is 0 Å². The number of amides is 1. The number of nitrogens with one attached hydrogen (secondary N) is 2. The van der Waals surface area contributed by atoms with Gasteiger partial charge in [0.2, 0.25) is 5.91 Å². The number of carbonyl (C=O) groups is 1. The molecule has 2 atom stereocenters. The Balaban J connectivity index is 0.00000220. The SMILES string of the molecule is Cl.O=C(Nc1cccc(OC(F)(F)F)c1)C1CC(O)CN1. The first-order valence-corrected chi connectivity index (χ1v) is 5.91. The van der Waals surface area contributed by atoms with Crippen LogP contribution in [0.1, 0.15) is 6.42 Å². The second-order valence-electron chi connectivity index (χ2n) is 4.42. The highest BCUT2D eigenvalue weighted by atomic mass is 35.5. The number of carbonyl (C=O) groups excluding carboxylic acids is 1. The summed E-state index contributed by atoms with van der Waals surface area (Å²) in [5.74, 6) is -0.819. The smallest absolute Gasteiger partial charge is 0.406 e. The Labute approximate surface area is 124 Å². The van der Waals surface area contributed by atoms with Crippen molar-refractivity contribution in [3.63, 3.8) is 0 Å². The summed E-state index contributed by atoms with van der Waals surface area (Å²) in [6, 6.07) is 4.45. The minimum atomic E-state index is -4.78. The third-order valence-electron chi connectivity index (χ3n) is 2.76. The normalized spacial score (nSPS) is 21.5. The van der Waals surface area contributed by atoms with Gasteiger partial charge in [-0.3, -0.25) is 4.79 Å². The molecule has 1 aromatic rings. The zero-order chi connectivity index (χ0) is 14.8. The van der Waals surface area contributed by atoms with Crippen LogP contribution in [-0.2, 0) is 4.79 Å². The molecule has 2 unspecified atom stereocenters. The number of hydrogen-bond acceptors (Lipinski definition) is 4. The fourth-order valence-corrected chi connectivity index (χ4v) is 1.92. The first-order chi connectivity index (χ1) is 9.33. The van der Waals surface area contributed by atoms with Gasteiger partial charge in [0.1, 0.15) is 5.75 Å². The summed E-state index contributed by atoms with van der Waals surface area (Å²) in [4.78, 5) is 11.8. The topological polar surface area (TPSA) is 70.6 Å². The molecule has 5 nitrogen and oxygen atoms in total. The van der Waals surface area contributed by atoms with Crippen LogP contribution in [0, 0.1) is 0 Å². The van der Waals surface area contributed by atoms with E-state index < -0.39 is 30.2 Å². The van der Waals surface area contributed by atoms with Gasteiger partial charge >= 0.3 is 6.36 Å². The van der Waals surface area contributed by atoms with Crippen LogP contribution in [0.15, 0.2) is 24.3 Å². The van der Waals surface area contributed by atoms with E-state index in [1.54, 1.807) is 0 Å². The zero-order valence-corrected chi connectivity index (χ0v) is 11.5. The molecule has 0 spiro atoms. The van der Waals surface area contributed by atoms with Crippen molar-refractivity contribution < 1.29 is 27.8 Å². The fourth-order valence-electron chi connectivity index (χ4n) is 1.92. The van der Waals surface area contributed by atoms with Crippen molar-refractivity contribution >= 4 is 24.0 Å². The molecule has 1 amide bonds. The van der Waals surface area contributed by atoms with Gasteiger partial charge < -0.3 is 20.5 Å². The molecule has 21 heavy (non-hydrogen) atoms. The minimum absolute atomic E-state index is 0. The average molecular weight is 327 g/mol. The molecule has 1 heterocycles. The number of hydrogen-bond donors (Lipinski definition) is 3. The highest BCUT2D eigenvalue weighted by Crippen LogP contribution is 2.25. The highest BCUT2D eigenvalue weighted by Gasteiger charge is 2.31. The predicted octanol–water partition coefficient (Wildman–Crippen LogP) is 1.67. The summed E-state index contributed by atoms with van der Waals surface area (Å²) in [6.07, 6.45) is -5.10. The van der Waals surface area contributed by atoms with E-state index >= 15 is 0 Å². The monoisotopic (exact) mass is 326 g/mol. The molecule has 0 aliphatic carbocycles. The molecular formula is C12H14ClF3N2O3. The van der Waals surface area contributed by atoms with E-state index in [0.717, 1.165) is 12.1 Å². The first kappa shape index (κ1) is 17.5. The first-order valence-electron chi connectivity index (χ1n) is 5.91. The molecule has 1 saturated heterocycles. The molecule has 0 bridgehead atoms. The number of rotatable bonds is 3. The second-order valence-corrected chi connectivity index (χ2v) is 4.42. The Kier molecular flexibility index (Phi) is 5.82. The summed E-state index contributed by atoms with van der Waals surface area (Å²) < 4.78 is 40.0. The third kappa shape index (κ3) is 5.41. The zero-order valence-electron chi connectivity index (χ0n) is 10.7. The van der Waals surface area contributed by atoms with Gasteiger partial charge in [-0.2, -0.15) is 0 Å². The lowest BCUT2D eigenvalue weighted by atomic mass is 10.2. The van der Waals surface area contributed by atoms with Crippen molar-refractivity contribution in [3.8, 4) is 5.75 Å². The maximum Gasteiger partial charge on any atom is 0.573 e. The molecule has 1 fully saturated rings. The Bertz CT molecular complexity index is 499. The van der Waals surface area contributed by atoms with Crippen molar-refractivity contribution in [1.29, 1.82) is 0 Å². The lowest BCUT2D eigenvalue weighted by Gasteiger charge is -2.13. The standard InChI is InChI=1S/C12H13F3N2O3.ClH/c13-12(14,15)20-9-3-1-2-7(4-9)17-11(19)10-5-8(18)6-16-10;/h1-4,8,10,16,18H,5-6H2,(H,17,19);1H. The third-order valence-corrected chi connectivity index (χ3v) is 2.76. The quantitative estimate of drug-likeness (QED) is 0.790. The van der Waals surface area contributed by atoms with E-state index in [9.17, 15) is 23.1 Å². The number of anilines is 1. The van der Waals surface area contributed by atoms with Gasteiger partial charge in [0, 0.05) is 18.3 Å².